The van der Waals surface area contributed by atoms with Crippen molar-refractivity contribution in [1.29, 1.82) is 0 Å². The molecule has 0 spiro atoms. The quantitative estimate of drug-likeness (QED) is 0.680. The predicted octanol–water partition coefficient (Wildman–Crippen LogP) is 4.76. The van der Waals surface area contributed by atoms with E-state index in [-0.39, 0.29) is 5.91 Å². The van der Waals surface area contributed by atoms with Gasteiger partial charge in [0.2, 0.25) is 5.91 Å². The second-order valence-corrected chi connectivity index (χ2v) is 6.98. The maximum absolute atomic E-state index is 13.0. The van der Waals surface area contributed by atoms with Crippen LogP contribution >= 0.6 is 23.4 Å². The third-order valence-electron chi connectivity index (χ3n) is 3.88. The lowest BCUT2D eigenvalue weighted by atomic mass is 10.2. The van der Waals surface area contributed by atoms with Crippen molar-refractivity contribution < 1.29 is 4.79 Å². The van der Waals surface area contributed by atoms with Crippen molar-refractivity contribution in [1.82, 2.24) is 9.55 Å². The van der Waals surface area contributed by atoms with Gasteiger partial charge in [0.05, 0.1) is 17.7 Å². The Labute approximate surface area is 149 Å². The number of fused-ring (bicyclic) bond motifs is 2. The van der Waals surface area contributed by atoms with Crippen molar-refractivity contribution in [3.8, 4) is 0 Å². The van der Waals surface area contributed by atoms with Gasteiger partial charge in [0.25, 0.3) is 0 Å². The van der Waals surface area contributed by atoms with Gasteiger partial charge in [-0.15, -0.1) is 0 Å². The fraction of sp³-hybridized carbons (Fsp3) is 0.111. The number of carbonyl (C=O) groups excluding carboxylic acids is 1. The molecular weight excluding hydrogens is 342 g/mol. The van der Waals surface area contributed by atoms with E-state index >= 15 is 0 Å². The molecule has 2 heterocycles. The Hall–Kier alpha value is -2.24. The van der Waals surface area contributed by atoms with E-state index in [1.165, 1.54) is 0 Å². The molecule has 0 saturated carbocycles. The molecule has 24 heavy (non-hydrogen) atoms. The number of carbonyl (C=O) groups is 1. The number of para-hydroxylation sites is 1. The first-order valence-electron chi connectivity index (χ1n) is 7.57. The van der Waals surface area contributed by atoms with Crippen LogP contribution in [0, 0.1) is 0 Å². The van der Waals surface area contributed by atoms with Crippen LogP contribution in [0.25, 0.3) is 0 Å². The van der Waals surface area contributed by atoms with Gasteiger partial charge < -0.3 is 4.57 Å². The van der Waals surface area contributed by atoms with Crippen LogP contribution in [0.1, 0.15) is 6.42 Å². The Kier molecular flexibility index (Phi) is 4.04. The molecule has 2 aromatic carbocycles. The summed E-state index contributed by atoms with van der Waals surface area (Å²) < 4.78 is 1.90. The highest BCUT2D eigenvalue weighted by molar-refractivity contribution is 7.99. The van der Waals surface area contributed by atoms with Crippen molar-refractivity contribution in [3.63, 3.8) is 0 Å². The van der Waals surface area contributed by atoms with Crippen molar-refractivity contribution in [2.45, 2.75) is 22.8 Å². The van der Waals surface area contributed by atoms with Crippen LogP contribution in [0.2, 0.25) is 5.02 Å². The molecule has 6 heteroatoms. The Morgan fingerprint density at radius 1 is 1.12 bits per heavy atom. The summed E-state index contributed by atoms with van der Waals surface area (Å²) in [7, 11) is 0. The van der Waals surface area contributed by atoms with Crippen LogP contribution in [-0.4, -0.2) is 15.5 Å². The Morgan fingerprint density at radius 3 is 2.79 bits per heavy atom. The molecule has 120 valence electrons. The number of benzene rings is 2. The summed E-state index contributed by atoms with van der Waals surface area (Å²) >= 11 is 7.83. The Balaban J connectivity index is 1.70. The molecule has 0 bridgehead atoms. The van der Waals surface area contributed by atoms with Crippen molar-refractivity contribution in [2.24, 2.45) is 0 Å². The number of rotatable bonds is 3. The van der Waals surface area contributed by atoms with Gasteiger partial charge >= 0.3 is 0 Å². The minimum atomic E-state index is 0.0416. The molecular formula is C18H14ClN3OS. The number of nitrogens with zero attached hydrogens (tertiary/aromatic N) is 3. The molecule has 0 fully saturated rings. The van der Waals surface area contributed by atoms with Crippen LogP contribution in [-0.2, 0) is 11.3 Å². The van der Waals surface area contributed by atoms with E-state index in [1.54, 1.807) is 29.2 Å². The Bertz CT molecular complexity index is 895. The lowest BCUT2D eigenvalue weighted by Crippen LogP contribution is -2.29. The van der Waals surface area contributed by atoms with Gasteiger partial charge in [-0.3, -0.25) is 9.69 Å². The highest BCUT2D eigenvalue weighted by Gasteiger charge is 2.27. The minimum absolute atomic E-state index is 0.0416. The third kappa shape index (κ3) is 2.81. The van der Waals surface area contributed by atoms with Crippen molar-refractivity contribution >= 4 is 40.6 Å². The largest absolute Gasteiger partial charge is 0.337 e. The lowest BCUT2D eigenvalue weighted by Gasteiger charge is -2.31. The molecule has 4 nitrogen and oxygen atoms in total. The molecule has 3 aromatic rings. The maximum atomic E-state index is 13.0. The number of amides is 1. The van der Waals surface area contributed by atoms with Crippen molar-refractivity contribution in [3.05, 3.63) is 66.2 Å². The van der Waals surface area contributed by atoms with E-state index in [1.807, 2.05) is 53.2 Å². The van der Waals surface area contributed by atoms with E-state index in [0.29, 0.717) is 18.0 Å². The summed E-state index contributed by atoms with van der Waals surface area (Å²) in [4.78, 5) is 20.9. The molecule has 0 unspecified atom stereocenters. The Morgan fingerprint density at radius 2 is 1.96 bits per heavy atom. The van der Waals surface area contributed by atoms with Gasteiger partial charge in [-0.05, 0) is 30.3 Å². The van der Waals surface area contributed by atoms with Crippen LogP contribution in [0.15, 0.2) is 71.0 Å². The van der Waals surface area contributed by atoms with E-state index in [9.17, 15) is 4.79 Å². The molecule has 0 saturated heterocycles. The fourth-order valence-corrected chi connectivity index (χ4v) is 3.96. The number of imidazole rings is 1. The van der Waals surface area contributed by atoms with Gasteiger partial charge in [0.15, 0.2) is 0 Å². The molecule has 4 rings (SSSR count). The zero-order chi connectivity index (χ0) is 16.5. The topological polar surface area (TPSA) is 38.1 Å². The minimum Gasteiger partial charge on any atom is -0.337 e. The molecule has 1 amide bonds. The smallest absolute Gasteiger partial charge is 0.233 e. The first-order valence-corrected chi connectivity index (χ1v) is 8.77. The number of halogens is 1. The summed E-state index contributed by atoms with van der Waals surface area (Å²) in [6.45, 7) is 0.598. The third-order valence-corrected chi connectivity index (χ3v) is 5.25. The second-order valence-electron chi connectivity index (χ2n) is 5.46. The lowest BCUT2D eigenvalue weighted by molar-refractivity contribution is -0.118. The highest BCUT2D eigenvalue weighted by Crippen LogP contribution is 2.48. The van der Waals surface area contributed by atoms with Crippen LogP contribution in [0.4, 0.5) is 11.4 Å². The first kappa shape index (κ1) is 15.3. The van der Waals surface area contributed by atoms with E-state index in [4.69, 9.17) is 11.6 Å². The normalized spacial score (nSPS) is 12.6. The summed E-state index contributed by atoms with van der Waals surface area (Å²) in [5.41, 5.74) is 1.76. The molecule has 1 aliphatic heterocycles. The monoisotopic (exact) mass is 355 g/mol. The number of aryl methyl sites for hydroxylation is 1. The van der Waals surface area contributed by atoms with E-state index < -0.39 is 0 Å². The summed E-state index contributed by atoms with van der Waals surface area (Å²) in [5.74, 6) is 0.0416. The zero-order valence-electron chi connectivity index (χ0n) is 12.7. The van der Waals surface area contributed by atoms with Crippen molar-refractivity contribution in [2.75, 3.05) is 4.90 Å². The number of hydrogen-bond donors (Lipinski definition) is 0. The number of aromatic nitrogens is 2. The van der Waals surface area contributed by atoms with Gasteiger partial charge in [0.1, 0.15) is 0 Å². The molecule has 1 aliphatic rings. The second kappa shape index (κ2) is 6.34. The fourth-order valence-electron chi connectivity index (χ4n) is 2.75. The molecule has 0 N–H and O–H groups in total. The average Bonchev–Trinajstić information content (AvgIpc) is 3.11. The van der Waals surface area contributed by atoms with Crippen LogP contribution in [0.5, 0.6) is 0 Å². The van der Waals surface area contributed by atoms with Crippen LogP contribution < -0.4 is 4.90 Å². The highest BCUT2D eigenvalue weighted by atomic mass is 35.5. The van der Waals surface area contributed by atoms with E-state index in [2.05, 4.69) is 4.98 Å². The van der Waals surface area contributed by atoms with Gasteiger partial charge in [-0.25, -0.2) is 4.98 Å². The van der Waals surface area contributed by atoms with Gasteiger partial charge in [0, 0.05) is 40.2 Å². The SMILES string of the molecule is O=C(CCn1ccnc1)N1c2ccccc2Sc2ccc(Cl)cc21. The standard InChI is InChI=1S/C18H14ClN3OS/c19-13-5-6-17-15(11-13)22(14-3-1-2-4-16(14)24-17)18(23)7-9-21-10-8-20-12-21/h1-6,8,10-12H,7,9H2. The molecule has 0 atom stereocenters. The predicted molar refractivity (Wildman–Crippen MR) is 96.0 cm³/mol. The number of hydrogen-bond acceptors (Lipinski definition) is 3. The first-order chi connectivity index (χ1) is 11.7. The summed E-state index contributed by atoms with van der Waals surface area (Å²) in [6.07, 6.45) is 5.68. The molecule has 0 radical (unpaired) electrons. The molecule has 0 aliphatic carbocycles. The molecule has 1 aromatic heterocycles. The van der Waals surface area contributed by atoms with Gasteiger partial charge in [-0.1, -0.05) is 35.5 Å². The zero-order valence-corrected chi connectivity index (χ0v) is 14.3. The summed E-state index contributed by atoms with van der Waals surface area (Å²) in [5, 5.41) is 0.626. The summed E-state index contributed by atoms with van der Waals surface area (Å²) in [6, 6.07) is 13.6. The van der Waals surface area contributed by atoms with E-state index in [0.717, 1.165) is 21.2 Å². The average molecular weight is 356 g/mol. The van der Waals surface area contributed by atoms with Gasteiger partial charge in [-0.2, -0.15) is 0 Å². The number of anilines is 2. The van der Waals surface area contributed by atoms with Crippen LogP contribution in [0.3, 0.4) is 0 Å². The maximum Gasteiger partial charge on any atom is 0.233 e.